The fraction of sp³-hybridized carbons (Fsp3) is 0. The highest BCUT2D eigenvalue weighted by Crippen LogP contribution is 2.29. The van der Waals surface area contributed by atoms with Crippen LogP contribution in [0.4, 0.5) is 17.1 Å². The number of carbonyl (C=O) groups is 1. The maximum atomic E-state index is 12.7. The SMILES string of the molecule is N#Cc1ccc2nccc(Oc3ccc(C(=O)Nc4ccc(Nc5ccncc5)cc4)cc3)c2c1. The summed E-state index contributed by atoms with van der Waals surface area (Å²) in [7, 11) is 0. The molecule has 0 fully saturated rings. The fourth-order valence-corrected chi connectivity index (χ4v) is 3.52. The highest BCUT2D eigenvalue weighted by molar-refractivity contribution is 6.04. The Bertz CT molecular complexity index is 1530. The summed E-state index contributed by atoms with van der Waals surface area (Å²) in [6, 6.07) is 27.2. The molecule has 7 nitrogen and oxygen atoms in total. The average Bonchev–Trinajstić information content (AvgIpc) is 2.91. The molecule has 7 heteroatoms. The molecule has 0 radical (unpaired) electrons. The summed E-state index contributed by atoms with van der Waals surface area (Å²) < 4.78 is 6.01. The molecular formula is C28H19N5O2. The van der Waals surface area contributed by atoms with Gasteiger partial charge in [-0.3, -0.25) is 14.8 Å². The van der Waals surface area contributed by atoms with Crippen molar-refractivity contribution in [3.63, 3.8) is 0 Å². The minimum Gasteiger partial charge on any atom is -0.457 e. The Kier molecular flexibility index (Phi) is 6.01. The van der Waals surface area contributed by atoms with Crippen LogP contribution in [0.25, 0.3) is 10.9 Å². The molecule has 0 unspecified atom stereocenters. The van der Waals surface area contributed by atoms with E-state index < -0.39 is 0 Å². The summed E-state index contributed by atoms with van der Waals surface area (Å²) in [6.45, 7) is 0. The molecule has 2 aromatic heterocycles. The minimum absolute atomic E-state index is 0.223. The van der Waals surface area contributed by atoms with E-state index in [0.29, 0.717) is 28.3 Å². The van der Waals surface area contributed by atoms with Crippen molar-refractivity contribution in [2.45, 2.75) is 0 Å². The molecule has 0 spiro atoms. The third-order valence-electron chi connectivity index (χ3n) is 5.29. The monoisotopic (exact) mass is 457 g/mol. The van der Waals surface area contributed by atoms with Crippen LogP contribution in [0.15, 0.2) is 104 Å². The number of hydrogen-bond acceptors (Lipinski definition) is 6. The van der Waals surface area contributed by atoms with E-state index in [1.165, 1.54) is 0 Å². The zero-order valence-electron chi connectivity index (χ0n) is 18.5. The van der Waals surface area contributed by atoms with Gasteiger partial charge in [-0.1, -0.05) is 0 Å². The summed E-state index contributed by atoms with van der Waals surface area (Å²) in [6.07, 6.45) is 5.09. The molecule has 168 valence electrons. The Hall–Kier alpha value is -5.22. The van der Waals surface area contributed by atoms with Crippen LogP contribution in [-0.4, -0.2) is 15.9 Å². The van der Waals surface area contributed by atoms with Crippen molar-refractivity contribution in [1.82, 2.24) is 9.97 Å². The van der Waals surface area contributed by atoms with E-state index in [4.69, 9.17) is 4.74 Å². The number of ether oxygens (including phenoxy) is 1. The van der Waals surface area contributed by atoms with E-state index in [9.17, 15) is 10.1 Å². The highest BCUT2D eigenvalue weighted by atomic mass is 16.5. The lowest BCUT2D eigenvalue weighted by atomic mass is 10.1. The molecule has 35 heavy (non-hydrogen) atoms. The number of nitrogens with one attached hydrogen (secondary N) is 2. The van der Waals surface area contributed by atoms with Crippen molar-refractivity contribution in [2.75, 3.05) is 10.6 Å². The number of aromatic nitrogens is 2. The van der Waals surface area contributed by atoms with E-state index in [1.54, 1.807) is 67.1 Å². The Morgan fingerprint density at radius 3 is 2.26 bits per heavy atom. The molecular weight excluding hydrogens is 438 g/mol. The van der Waals surface area contributed by atoms with E-state index in [-0.39, 0.29) is 5.91 Å². The van der Waals surface area contributed by atoms with Gasteiger partial charge in [0.2, 0.25) is 0 Å². The summed E-state index contributed by atoms with van der Waals surface area (Å²) in [5, 5.41) is 16.1. The smallest absolute Gasteiger partial charge is 0.255 e. The second-order valence-electron chi connectivity index (χ2n) is 7.67. The number of anilines is 3. The minimum atomic E-state index is -0.223. The number of amides is 1. The predicted octanol–water partition coefficient (Wildman–Crippen LogP) is 6.29. The Labute approximate surface area is 201 Å². The molecule has 0 saturated carbocycles. The van der Waals surface area contributed by atoms with Crippen LogP contribution in [0, 0.1) is 11.3 Å². The van der Waals surface area contributed by atoms with Gasteiger partial charge in [0.05, 0.1) is 17.1 Å². The van der Waals surface area contributed by atoms with Crippen molar-refractivity contribution in [3.05, 3.63) is 115 Å². The van der Waals surface area contributed by atoms with Crippen molar-refractivity contribution < 1.29 is 9.53 Å². The van der Waals surface area contributed by atoms with Gasteiger partial charge in [-0.2, -0.15) is 5.26 Å². The number of benzene rings is 3. The number of pyridine rings is 2. The van der Waals surface area contributed by atoms with Gasteiger partial charge in [-0.15, -0.1) is 0 Å². The first kappa shape index (κ1) is 21.6. The molecule has 5 aromatic rings. The van der Waals surface area contributed by atoms with Gasteiger partial charge in [0.25, 0.3) is 5.91 Å². The molecule has 0 bridgehead atoms. The van der Waals surface area contributed by atoms with Gasteiger partial charge in [-0.25, -0.2) is 0 Å². The van der Waals surface area contributed by atoms with Crippen LogP contribution in [-0.2, 0) is 0 Å². The summed E-state index contributed by atoms with van der Waals surface area (Å²) in [5.74, 6) is 0.937. The van der Waals surface area contributed by atoms with Crippen LogP contribution in [0.3, 0.4) is 0 Å². The number of hydrogen-bond donors (Lipinski definition) is 2. The molecule has 0 aliphatic heterocycles. The molecule has 2 N–H and O–H groups in total. The first-order chi connectivity index (χ1) is 17.2. The van der Waals surface area contributed by atoms with E-state index in [1.807, 2.05) is 36.4 Å². The molecule has 0 atom stereocenters. The molecule has 1 amide bonds. The van der Waals surface area contributed by atoms with Gasteiger partial charge in [-0.05, 0) is 84.9 Å². The first-order valence-corrected chi connectivity index (χ1v) is 10.8. The summed E-state index contributed by atoms with van der Waals surface area (Å²) in [4.78, 5) is 21.0. The molecule has 0 aliphatic carbocycles. The largest absolute Gasteiger partial charge is 0.457 e. The van der Waals surface area contributed by atoms with Crippen molar-refractivity contribution in [1.29, 1.82) is 5.26 Å². The van der Waals surface area contributed by atoms with Gasteiger partial charge in [0, 0.05) is 46.6 Å². The number of nitrogens with zero attached hydrogens (tertiary/aromatic N) is 3. The first-order valence-electron chi connectivity index (χ1n) is 10.8. The average molecular weight is 457 g/mol. The third kappa shape index (κ3) is 5.07. The van der Waals surface area contributed by atoms with Gasteiger partial charge < -0.3 is 15.4 Å². The second kappa shape index (κ2) is 9.73. The molecule has 5 rings (SSSR count). The van der Waals surface area contributed by atoms with E-state index in [0.717, 1.165) is 22.3 Å². The zero-order chi connectivity index (χ0) is 24.0. The second-order valence-corrected chi connectivity index (χ2v) is 7.67. The number of nitriles is 1. The lowest BCUT2D eigenvalue weighted by Crippen LogP contribution is -2.11. The van der Waals surface area contributed by atoms with E-state index in [2.05, 4.69) is 26.7 Å². The summed E-state index contributed by atoms with van der Waals surface area (Å²) in [5.41, 5.74) is 4.29. The van der Waals surface area contributed by atoms with Gasteiger partial charge in [0.1, 0.15) is 11.5 Å². The summed E-state index contributed by atoms with van der Waals surface area (Å²) >= 11 is 0. The zero-order valence-corrected chi connectivity index (χ0v) is 18.5. The lowest BCUT2D eigenvalue weighted by Gasteiger charge is -2.10. The predicted molar refractivity (Wildman–Crippen MR) is 135 cm³/mol. The Morgan fingerprint density at radius 1 is 0.800 bits per heavy atom. The van der Waals surface area contributed by atoms with Crippen LogP contribution in [0.1, 0.15) is 15.9 Å². The van der Waals surface area contributed by atoms with Crippen molar-refractivity contribution in [2.24, 2.45) is 0 Å². The Morgan fingerprint density at radius 2 is 1.51 bits per heavy atom. The quantitative estimate of drug-likeness (QED) is 0.311. The van der Waals surface area contributed by atoms with Crippen LogP contribution in [0.5, 0.6) is 11.5 Å². The van der Waals surface area contributed by atoms with Crippen molar-refractivity contribution in [3.8, 4) is 17.6 Å². The van der Waals surface area contributed by atoms with E-state index >= 15 is 0 Å². The van der Waals surface area contributed by atoms with Gasteiger partial charge in [0.15, 0.2) is 0 Å². The lowest BCUT2D eigenvalue weighted by molar-refractivity contribution is 0.102. The third-order valence-corrected chi connectivity index (χ3v) is 5.29. The molecule has 0 aliphatic rings. The molecule has 0 saturated heterocycles. The van der Waals surface area contributed by atoms with Crippen molar-refractivity contribution >= 4 is 33.9 Å². The number of carbonyl (C=O) groups excluding carboxylic acids is 1. The number of fused-ring (bicyclic) bond motifs is 1. The standard InChI is InChI=1S/C28H19N5O2/c29-18-19-1-10-26-25(17-19)27(13-16-31-26)35-24-8-2-20(3-9-24)28(34)33-22-6-4-21(5-7-22)32-23-11-14-30-15-12-23/h1-17H,(H,30,32)(H,33,34). The van der Waals surface area contributed by atoms with Crippen LogP contribution in [0.2, 0.25) is 0 Å². The maximum Gasteiger partial charge on any atom is 0.255 e. The van der Waals surface area contributed by atoms with Gasteiger partial charge >= 0.3 is 0 Å². The van der Waals surface area contributed by atoms with Crippen LogP contribution < -0.4 is 15.4 Å². The highest BCUT2D eigenvalue weighted by Gasteiger charge is 2.09. The fourth-order valence-electron chi connectivity index (χ4n) is 3.52. The van der Waals surface area contributed by atoms with Crippen LogP contribution >= 0.6 is 0 Å². The molecule has 3 aromatic carbocycles. The Balaban J connectivity index is 1.25. The normalized spacial score (nSPS) is 10.4. The molecule has 2 heterocycles. The maximum absolute atomic E-state index is 12.7. The topological polar surface area (TPSA) is 99.9 Å². The number of rotatable bonds is 6.